The van der Waals surface area contributed by atoms with Crippen LogP contribution in [0.3, 0.4) is 0 Å². The normalized spacial score (nSPS) is 24.7. The van der Waals surface area contributed by atoms with E-state index in [1.807, 2.05) is 11.8 Å². The molecule has 1 aliphatic heterocycles. The highest BCUT2D eigenvalue weighted by atomic mass is 32.2. The van der Waals surface area contributed by atoms with Crippen molar-refractivity contribution in [3.63, 3.8) is 0 Å². The number of thiol groups is 1. The van der Waals surface area contributed by atoms with E-state index in [-0.39, 0.29) is 5.91 Å². The summed E-state index contributed by atoms with van der Waals surface area (Å²) in [5.74, 6) is 2.61. The van der Waals surface area contributed by atoms with E-state index in [1.54, 1.807) is 0 Å². The number of carbonyl (C=O) groups excluding carboxylic acids is 1. The summed E-state index contributed by atoms with van der Waals surface area (Å²) >= 11 is 5.76. The summed E-state index contributed by atoms with van der Waals surface area (Å²) in [6.45, 7) is 0. The number of nitrogens with one attached hydrogen (secondary N) is 1. The van der Waals surface area contributed by atoms with Gasteiger partial charge in [-0.1, -0.05) is 0 Å². The van der Waals surface area contributed by atoms with Gasteiger partial charge in [-0.15, -0.1) is 0 Å². The average Bonchev–Trinajstić information content (AvgIpc) is 2.40. The van der Waals surface area contributed by atoms with Crippen LogP contribution in [0.5, 0.6) is 0 Å². The van der Waals surface area contributed by atoms with Crippen molar-refractivity contribution in [1.29, 1.82) is 0 Å². The molecule has 0 aromatic rings. The summed E-state index contributed by atoms with van der Waals surface area (Å²) in [6.07, 6.45) is 1.12. The van der Waals surface area contributed by atoms with Crippen LogP contribution >= 0.6 is 24.4 Å². The smallest absolute Gasteiger partial charge is 0.229 e. The highest BCUT2D eigenvalue weighted by Gasteiger charge is 2.16. The molecule has 0 aromatic heterocycles. The maximum Gasteiger partial charge on any atom is 0.229 e. The van der Waals surface area contributed by atoms with E-state index in [4.69, 9.17) is 0 Å². The Morgan fingerprint density at radius 2 is 2.60 bits per heavy atom. The molecule has 1 atom stereocenters. The minimum atomic E-state index is 0.0517. The molecule has 0 aliphatic carbocycles. The van der Waals surface area contributed by atoms with Gasteiger partial charge in [-0.25, -0.2) is 0 Å². The molecule has 1 rings (SSSR count). The first kappa shape index (κ1) is 8.27. The van der Waals surface area contributed by atoms with Crippen LogP contribution in [-0.2, 0) is 4.79 Å². The number of rotatable bonds is 2. The molecule has 0 saturated carbocycles. The molecule has 2 nitrogen and oxygen atoms in total. The van der Waals surface area contributed by atoms with Crippen molar-refractivity contribution in [3.8, 4) is 0 Å². The molecular formula is C6H11NOS2. The van der Waals surface area contributed by atoms with E-state index < -0.39 is 0 Å². The van der Waals surface area contributed by atoms with Crippen LogP contribution in [0.15, 0.2) is 0 Å². The molecule has 0 spiro atoms. The van der Waals surface area contributed by atoms with Gasteiger partial charge in [0.05, 0.1) is 5.75 Å². The zero-order valence-electron chi connectivity index (χ0n) is 5.67. The van der Waals surface area contributed by atoms with Gasteiger partial charge in [-0.3, -0.25) is 4.79 Å². The van der Waals surface area contributed by atoms with Crippen LogP contribution in [0.2, 0.25) is 0 Å². The van der Waals surface area contributed by atoms with Crippen LogP contribution in [0.1, 0.15) is 6.42 Å². The molecule has 0 bridgehead atoms. The number of thioether (sulfide) groups is 1. The Morgan fingerprint density at radius 3 is 3.10 bits per heavy atom. The Kier molecular flexibility index (Phi) is 3.42. The predicted molar refractivity (Wildman–Crippen MR) is 47.7 cm³/mol. The molecule has 10 heavy (non-hydrogen) atoms. The van der Waals surface area contributed by atoms with Crippen LogP contribution in [0.4, 0.5) is 0 Å². The zero-order valence-corrected chi connectivity index (χ0v) is 7.38. The van der Waals surface area contributed by atoms with Gasteiger partial charge in [0.1, 0.15) is 0 Å². The lowest BCUT2D eigenvalue weighted by Crippen LogP contribution is -2.35. The first-order chi connectivity index (χ1) is 4.83. The molecule has 0 aromatic carbocycles. The topological polar surface area (TPSA) is 29.1 Å². The van der Waals surface area contributed by atoms with E-state index in [0.717, 1.165) is 12.2 Å². The van der Waals surface area contributed by atoms with Gasteiger partial charge >= 0.3 is 0 Å². The fourth-order valence-electron chi connectivity index (χ4n) is 0.922. The Morgan fingerprint density at radius 1 is 1.80 bits per heavy atom. The number of amides is 1. The third kappa shape index (κ3) is 2.42. The average molecular weight is 177 g/mol. The van der Waals surface area contributed by atoms with Crippen molar-refractivity contribution < 1.29 is 4.79 Å². The summed E-state index contributed by atoms with van der Waals surface area (Å²) in [4.78, 5) is 10.8. The van der Waals surface area contributed by atoms with Crippen molar-refractivity contribution in [2.75, 3.05) is 17.3 Å². The first-order valence-corrected chi connectivity index (χ1v) is 5.09. The molecule has 4 heteroatoms. The second-order valence-electron chi connectivity index (χ2n) is 2.29. The molecule has 1 fully saturated rings. The van der Waals surface area contributed by atoms with Gasteiger partial charge in [0, 0.05) is 11.8 Å². The van der Waals surface area contributed by atoms with E-state index in [9.17, 15) is 4.79 Å². The lowest BCUT2D eigenvalue weighted by atomic mass is 10.3. The molecule has 1 amide bonds. The highest BCUT2D eigenvalue weighted by molar-refractivity contribution is 7.99. The second kappa shape index (κ2) is 4.13. The maximum atomic E-state index is 10.8. The van der Waals surface area contributed by atoms with Crippen molar-refractivity contribution in [3.05, 3.63) is 0 Å². The summed E-state index contributed by atoms with van der Waals surface area (Å²) in [7, 11) is 0. The van der Waals surface area contributed by atoms with Gasteiger partial charge in [0.25, 0.3) is 0 Å². The monoisotopic (exact) mass is 177 g/mol. The summed E-state index contributed by atoms with van der Waals surface area (Å²) in [5.41, 5.74) is 0. The quantitative estimate of drug-likeness (QED) is 0.603. The Hall–Kier alpha value is 0.170. The van der Waals surface area contributed by atoms with Gasteiger partial charge in [0.2, 0.25) is 5.91 Å². The summed E-state index contributed by atoms with van der Waals surface area (Å²) in [6, 6.07) is 0.407. The third-order valence-corrected chi connectivity index (χ3v) is 2.89. The number of hydrogen-bond acceptors (Lipinski definition) is 3. The standard InChI is InChI=1S/C6H11NOS2/c8-6(3-9)7-5-1-2-10-4-5/h5,9H,1-4H2,(H,7,8). The largest absolute Gasteiger partial charge is 0.352 e. The summed E-state index contributed by atoms with van der Waals surface area (Å²) in [5, 5.41) is 2.89. The fourth-order valence-corrected chi connectivity index (χ4v) is 2.17. The zero-order chi connectivity index (χ0) is 7.40. The van der Waals surface area contributed by atoms with E-state index in [1.165, 1.54) is 5.75 Å². The molecule has 1 aliphatic rings. The predicted octanol–water partition coefficient (Wildman–Crippen LogP) is 0.538. The lowest BCUT2D eigenvalue weighted by Gasteiger charge is -2.08. The summed E-state index contributed by atoms with van der Waals surface area (Å²) < 4.78 is 0. The Balaban J connectivity index is 2.17. The first-order valence-electron chi connectivity index (χ1n) is 3.31. The molecule has 58 valence electrons. The van der Waals surface area contributed by atoms with Crippen molar-refractivity contribution in [2.24, 2.45) is 0 Å². The molecule has 0 radical (unpaired) electrons. The molecule has 1 saturated heterocycles. The molecule has 1 unspecified atom stereocenters. The SMILES string of the molecule is O=C(CS)NC1CCSC1. The molecule has 1 N–H and O–H groups in total. The van der Waals surface area contributed by atoms with Crippen molar-refractivity contribution in [2.45, 2.75) is 12.5 Å². The van der Waals surface area contributed by atoms with Gasteiger partial charge in [-0.2, -0.15) is 24.4 Å². The minimum absolute atomic E-state index is 0.0517. The van der Waals surface area contributed by atoms with Crippen LogP contribution in [0.25, 0.3) is 0 Å². The Bertz CT molecular complexity index is 123. The highest BCUT2D eigenvalue weighted by Crippen LogP contribution is 2.16. The number of carbonyl (C=O) groups is 1. The fraction of sp³-hybridized carbons (Fsp3) is 0.833. The number of hydrogen-bond donors (Lipinski definition) is 2. The second-order valence-corrected chi connectivity index (χ2v) is 3.75. The van der Waals surface area contributed by atoms with Crippen molar-refractivity contribution >= 4 is 30.3 Å². The third-order valence-electron chi connectivity index (χ3n) is 1.44. The van der Waals surface area contributed by atoms with Crippen LogP contribution in [-0.4, -0.2) is 29.2 Å². The molecular weight excluding hydrogens is 166 g/mol. The van der Waals surface area contributed by atoms with E-state index in [0.29, 0.717) is 11.8 Å². The maximum absolute atomic E-state index is 10.8. The van der Waals surface area contributed by atoms with Gasteiger partial charge < -0.3 is 5.32 Å². The van der Waals surface area contributed by atoms with Gasteiger partial charge in [0.15, 0.2) is 0 Å². The van der Waals surface area contributed by atoms with E-state index in [2.05, 4.69) is 17.9 Å². The van der Waals surface area contributed by atoms with Crippen LogP contribution < -0.4 is 5.32 Å². The van der Waals surface area contributed by atoms with Crippen molar-refractivity contribution in [1.82, 2.24) is 5.32 Å². The lowest BCUT2D eigenvalue weighted by molar-refractivity contribution is -0.119. The minimum Gasteiger partial charge on any atom is -0.352 e. The van der Waals surface area contributed by atoms with E-state index >= 15 is 0 Å². The van der Waals surface area contributed by atoms with Gasteiger partial charge in [-0.05, 0) is 12.2 Å². The molecule has 1 heterocycles. The van der Waals surface area contributed by atoms with Crippen LogP contribution in [0, 0.1) is 0 Å². The Labute approximate surface area is 70.5 Å².